The smallest absolute Gasteiger partial charge is 0.0871 e. The molecule has 1 aromatic carbocycles. The van der Waals surface area contributed by atoms with E-state index in [2.05, 4.69) is 12.1 Å². The zero-order chi connectivity index (χ0) is 8.97. The van der Waals surface area contributed by atoms with E-state index < -0.39 is 0 Å². The predicted octanol–water partition coefficient (Wildman–Crippen LogP) is 2.42. The second-order valence-electron chi connectivity index (χ2n) is 2.28. The van der Waals surface area contributed by atoms with Gasteiger partial charge in [-0.05, 0) is 30.9 Å². The maximum atomic E-state index is 8.43. The molecule has 1 radical (unpaired) electrons. The molecule has 3 heteroatoms. The second-order valence-corrected chi connectivity index (χ2v) is 3.15. The highest BCUT2D eigenvalue weighted by molar-refractivity contribution is 7.98. The van der Waals surface area contributed by atoms with Crippen molar-refractivity contribution in [2.24, 2.45) is 5.16 Å². The fourth-order valence-electron chi connectivity index (χ4n) is 0.841. The molecule has 0 aliphatic rings. The number of hydrogen-bond donors (Lipinski definition) is 1. The summed E-state index contributed by atoms with van der Waals surface area (Å²) in [4.78, 5) is 1.18. The van der Waals surface area contributed by atoms with Crippen LogP contribution in [0.3, 0.4) is 0 Å². The van der Waals surface area contributed by atoms with E-state index in [0.29, 0.717) is 5.71 Å². The van der Waals surface area contributed by atoms with Gasteiger partial charge < -0.3 is 5.21 Å². The minimum Gasteiger partial charge on any atom is -0.411 e. The topological polar surface area (TPSA) is 32.6 Å². The first-order chi connectivity index (χ1) is 5.77. The third-order valence-corrected chi connectivity index (χ3v) is 2.29. The van der Waals surface area contributed by atoms with Gasteiger partial charge in [0.2, 0.25) is 0 Å². The van der Waals surface area contributed by atoms with Gasteiger partial charge in [-0.15, -0.1) is 11.8 Å². The molecule has 0 spiro atoms. The molecule has 0 aliphatic heterocycles. The van der Waals surface area contributed by atoms with Crippen molar-refractivity contribution >= 4 is 17.5 Å². The first-order valence-corrected chi connectivity index (χ1v) is 4.69. The Hall–Kier alpha value is -0.960. The lowest BCUT2D eigenvalue weighted by Gasteiger charge is -1.99. The Morgan fingerprint density at radius 3 is 2.42 bits per heavy atom. The second kappa shape index (κ2) is 4.16. The standard InChI is InChI=1S/C9H10NOS/c1-7(10-11)8-3-5-9(12-2)6-4-8/h3-6,11H,1H2,2H3. The zero-order valence-electron chi connectivity index (χ0n) is 6.82. The Morgan fingerprint density at radius 2 is 2.00 bits per heavy atom. The summed E-state index contributed by atoms with van der Waals surface area (Å²) in [6, 6.07) is 7.70. The van der Waals surface area contributed by atoms with Gasteiger partial charge in [0, 0.05) is 4.90 Å². The quantitative estimate of drug-likeness (QED) is 0.328. The van der Waals surface area contributed by atoms with Crippen molar-refractivity contribution < 1.29 is 5.21 Å². The molecule has 0 saturated carbocycles. The molecule has 0 heterocycles. The van der Waals surface area contributed by atoms with Crippen LogP contribution in [0.1, 0.15) is 5.56 Å². The molecular weight excluding hydrogens is 170 g/mol. The molecule has 0 unspecified atom stereocenters. The van der Waals surface area contributed by atoms with Gasteiger partial charge in [0.25, 0.3) is 0 Å². The summed E-state index contributed by atoms with van der Waals surface area (Å²) in [5, 5.41) is 11.4. The monoisotopic (exact) mass is 180 g/mol. The summed E-state index contributed by atoms with van der Waals surface area (Å²) in [5.41, 5.74) is 1.23. The Bertz CT molecular complexity index is 279. The Kier molecular flexibility index (Phi) is 3.17. The normalized spacial score (nSPS) is 11.7. The van der Waals surface area contributed by atoms with Crippen LogP contribution in [0.5, 0.6) is 0 Å². The molecule has 1 N–H and O–H groups in total. The van der Waals surface area contributed by atoms with Crippen molar-refractivity contribution in [3.63, 3.8) is 0 Å². The lowest BCUT2D eigenvalue weighted by atomic mass is 10.1. The fraction of sp³-hybridized carbons (Fsp3) is 0.111. The Morgan fingerprint density at radius 1 is 1.42 bits per heavy atom. The van der Waals surface area contributed by atoms with E-state index in [1.165, 1.54) is 4.90 Å². The number of oxime groups is 1. The molecule has 12 heavy (non-hydrogen) atoms. The van der Waals surface area contributed by atoms with Gasteiger partial charge in [0.1, 0.15) is 0 Å². The SMILES string of the molecule is [CH2]C(=NO)c1ccc(SC)cc1. The van der Waals surface area contributed by atoms with Crippen molar-refractivity contribution in [3.8, 4) is 0 Å². The maximum absolute atomic E-state index is 8.43. The molecule has 0 fully saturated rings. The number of rotatable bonds is 2. The van der Waals surface area contributed by atoms with Crippen LogP contribution in [0.2, 0.25) is 0 Å². The lowest BCUT2D eigenvalue weighted by molar-refractivity contribution is 0.320. The van der Waals surface area contributed by atoms with Gasteiger partial charge in [-0.3, -0.25) is 0 Å². The highest BCUT2D eigenvalue weighted by atomic mass is 32.2. The summed E-state index contributed by atoms with van der Waals surface area (Å²) < 4.78 is 0. The lowest BCUT2D eigenvalue weighted by Crippen LogP contribution is -1.93. The molecular formula is C9H10NOS. The van der Waals surface area contributed by atoms with Crippen molar-refractivity contribution in [2.75, 3.05) is 6.26 Å². The summed E-state index contributed by atoms with van der Waals surface area (Å²) in [6.07, 6.45) is 2.01. The van der Waals surface area contributed by atoms with Gasteiger partial charge in [0.15, 0.2) is 0 Å². The number of thioether (sulfide) groups is 1. The van der Waals surface area contributed by atoms with Crippen LogP contribution in [0.4, 0.5) is 0 Å². The van der Waals surface area contributed by atoms with E-state index in [9.17, 15) is 0 Å². The molecule has 1 aromatic rings. The third-order valence-electron chi connectivity index (χ3n) is 1.54. The molecule has 63 valence electrons. The van der Waals surface area contributed by atoms with Crippen LogP contribution < -0.4 is 0 Å². The minimum absolute atomic E-state index is 0.391. The molecule has 0 saturated heterocycles. The van der Waals surface area contributed by atoms with Gasteiger partial charge in [-0.1, -0.05) is 17.3 Å². The van der Waals surface area contributed by atoms with Crippen LogP contribution in [-0.2, 0) is 0 Å². The van der Waals surface area contributed by atoms with Crippen molar-refractivity contribution in [2.45, 2.75) is 4.90 Å². The van der Waals surface area contributed by atoms with E-state index in [-0.39, 0.29) is 0 Å². The van der Waals surface area contributed by atoms with E-state index in [0.717, 1.165) is 5.56 Å². The van der Waals surface area contributed by atoms with Gasteiger partial charge in [-0.25, -0.2) is 0 Å². The van der Waals surface area contributed by atoms with Crippen LogP contribution in [0.15, 0.2) is 34.3 Å². The number of nitrogens with zero attached hydrogens (tertiary/aromatic N) is 1. The molecule has 0 bridgehead atoms. The highest BCUT2D eigenvalue weighted by Crippen LogP contribution is 2.14. The number of benzene rings is 1. The summed E-state index contributed by atoms with van der Waals surface area (Å²) in [5.74, 6) is 0. The molecule has 0 aromatic heterocycles. The van der Waals surface area contributed by atoms with Gasteiger partial charge >= 0.3 is 0 Å². The Labute approximate surface area is 76.3 Å². The Balaban J connectivity index is 2.92. The van der Waals surface area contributed by atoms with Crippen molar-refractivity contribution in [1.29, 1.82) is 0 Å². The van der Waals surface area contributed by atoms with Gasteiger partial charge in [0.05, 0.1) is 5.71 Å². The van der Waals surface area contributed by atoms with E-state index in [1.54, 1.807) is 11.8 Å². The minimum atomic E-state index is 0.391. The van der Waals surface area contributed by atoms with Crippen LogP contribution in [-0.4, -0.2) is 17.2 Å². The van der Waals surface area contributed by atoms with Gasteiger partial charge in [-0.2, -0.15) is 0 Å². The van der Waals surface area contributed by atoms with E-state index >= 15 is 0 Å². The largest absolute Gasteiger partial charge is 0.411 e. The van der Waals surface area contributed by atoms with Crippen molar-refractivity contribution in [1.82, 2.24) is 0 Å². The zero-order valence-corrected chi connectivity index (χ0v) is 7.64. The van der Waals surface area contributed by atoms with Crippen LogP contribution in [0, 0.1) is 6.92 Å². The van der Waals surface area contributed by atoms with E-state index in [1.807, 2.05) is 30.5 Å². The first kappa shape index (κ1) is 9.13. The molecule has 0 atom stereocenters. The summed E-state index contributed by atoms with van der Waals surface area (Å²) in [7, 11) is 0. The van der Waals surface area contributed by atoms with E-state index in [4.69, 9.17) is 5.21 Å². The van der Waals surface area contributed by atoms with Crippen LogP contribution in [0.25, 0.3) is 0 Å². The predicted molar refractivity (Wildman–Crippen MR) is 51.9 cm³/mol. The molecule has 0 amide bonds. The summed E-state index contributed by atoms with van der Waals surface area (Å²) >= 11 is 1.67. The third kappa shape index (κ3) is 2.01. The average Bonchev–Trinajstić information content (AvgIpc) is 2.17. The average molecular weight is 180 g/mol. The van der Waals surface area contributed by atoms with Crippen molar-refractivity contribution in [3.05, 3.63) is 36.8 Å². The number of hydrogen-bond acceptors (Lipinski definition) is 3. The highest BCUT2D eigenvalue weighted by Gasteiger charge is 1.96. The maximum Gasteiger partial charge on any atom is 0.0871 e. The summed E-state index contributed by atoms with van der Waals surface area (Å²) in [6.45, 7) is 3.58. The molecule has 0 aliphatic carbocycles. The van der Waals surface area contributed by atoms with Crippen LogP contribution >= 0.6 is 11.8 Å². The fourth-order valence-corrected chi connectivity index (χ4v) is 1.25. The molecule has 2 nitrogen and oxygen atoms in total. The molecule has 1 rings (SSSR count). The first-order valence-electron chi connectivity index (χ1n) is 3.46.